The van der Waals surface area contributed by atoms with Gasteiger partial charge in [-0.1, -0.05) is 6.92 Å². The molecule has 2 aliphatic rings. The van der Waals surface area contributed by atoms with E-state index in [1.54, 1.807) is 5.37 Å². The summed E-state index contributed by atoms with van der Waals surface area (Å²) in [5.41, 5.74) is 1.00. The number of fused-ring (bicyclic) bond motifs is 1. The third-order valence-electron chi connectivity index (χ3n) is 1.90. The van der Waals surface area contributed by atoms with Crippen LogP contribution >= 0.6 is 0 Å². The molecule has 0 aromatic carbocycles. The molecule has 0 bridgehead atoms. The summed E-state index contributed by atoms with van der Waals surface area (Å²) in [6, 6.07) is 0. The predicted octanol–water partition coefficient (Wildman–Crippen LogP) is 0.319. The largest absolute Gasteiger partial charge is 0.318 e. The highest BCUT2D eigenvalue weighted by Crippen LogP contribution is 2.06. The van der Waals surface area contributed by atoms with Gasteiger partial charge in [-0.2, -0.15) is 0 Å². The summed E-state index contributed by atoms with van der Waals surface area (Å²) in [4.78, 5) is 6.20. The molecule has 0 radical (unpaired) electrons. The molecule has 0 aromatic rings. The molecule has 0 fully saturated rings. The minimum atomic E-state index is -0.983. The maximum absolute atomic E-state index is 11.3. The molecule has 0 spiro atoms. The van der Waals surface area contributed by atoms with Crippen molar-refractivity contribution in [1.29, 1.82) is 0 Å². The summed E-state index contributed by atoms with van der Waals surface area (Å²) >= 11 is 0. The Hall–Kier alpha value is -1.03. The summed E-state index contributed by atoms with van der Waals surface area (Å²) in [6.07, 6.45) is 4.81. The van der Waals surface area contributed by atoms with Crippen LogP contribution in [0.5, 0.6) is 0 Å². The fraction of sp³-hybridized carbons (Fsp3) is 0.375. The fourth-order valence-corrected chi connectivity index (χ4v) is 2.20. The molecule has 0 aromatic heterocycles. The molecule has 3 nitrogen and oxygen atoms in total. The summed E-state index contributed by atoms with van der Waals surface area (Å²) in [7, 11) is -0.983. The average molecular weight is 182 g/mol. The van der Waals surface area contributed by atoms with E-state index in [-0.39, 0.29) is 0 Å². The van der Waals surface area contributed by atoms with E-state index in [9.17, 15) is 4.21 Å². The van der Waals surface area contributed by atoms with Gasteiger partial charge in [-0.15, -0.1) is 0 Å². The van der Waals surface area contributed by atoms with Gasteiger partial charge in [0.25, 0.3) is 0 Å². The maximum Gasteiger partial charge on any atom is 0.216 e. The number of nitrogens with zero attached hydrogens (tertiary/aromatic N) is 2. The van der Waals surface area contributed by atoms with Gasteiger partial charge in [0.2, 0.25) is 5.11 Å². The lowest BCUT2D eigenvalue weighted by atomic mass is 10.2. The van der Waals surface area contributed by atoms with Crippen LogP contribution in [-0.4, -0.2) is 31.8 Å². The smallest absolute Gasteiger partial charge is 0.216 e. The lowest BCUT2D eigenvalue weighted by Gasteiger charge is -2.16. The van der Waals surface area contributed by atoms with E-state index in [1.807, 2.05) is 24.1 Å². The summed E-state index contributed by atoms with van der Waals surface area (Å²) in [5.74, 6) is 0. The molecule has 4 heteroatoms. The molecule has 0 N–H and O–H groups in total. The van der Waals surface area contributed by atoms with Crippen molar-refractivity contribution >= 4 is 26.2 Å². The monoisotopic (exact) mass is 182 g/mol. The van der Waals surface area contributed by atoms with Gasteiger partial charge in [-0.25, -0.2) is 9.20 Å². The Bertz CT molecular complexity index is 403. The highest BCUT2D eigenvalue weighted by molar-refractivity contribution is 7.84. The van der Waals surface area contributed by atoms with Crippen LogP contribution in [0.3, 0.4) is 0 Å². The van der Waals surface area contributed by atoms with Crippen LogP contribution in [0.2, 0.25) is 0 Å². The van der Waals surface area contributed by atoms with E-state index in [0.29, 0.717) is 5.11 Å². The number of hydrogen-bond donors (Lipinski definition) is 0. The summed E-state index contributed by atoms with van der Waals surface area (Å²) in [5, 5.41) is 2.45. The molecule has 0 unspecified atom stereocenters. The second kappa shape index (κ2) is 2.79. The van der Waals surface area contributed by atoms with Crippen molar-refractivity contribution in [2.45, 2.75) is 13.3 Å². The van der Waals surface area contributed by atoms with Crippen molar-refractivity contribution in [3.63, 3.8) is 0 Å². The second-order valence-electron chi connectivity index (χ2n) is 2.67. The van der Waals surface area contributed by atoms with Crippen molar-refractivity contribution in [2.24, 2.45) is 4.99 Å². The third kappa shape index (κ3) is 1.08. The molecular formula is C8H10N2OS. The van der Waals surface area contributed by atoms with Crippen LogP contribution < -0.4 is 0 Å². The Kier molecular flexibility index (Phi) is 1.77. The van der Waals surface area contributed by atoms with Crippen molar-refractivity contribution in [1.82, 2.24) is 4.90 Å². The first-order valence-corrected chi connectivity index (χ1v) is 5.16. The zero-order valence-corrected chi connectivity index (χ0v) is 7.67. The van der Waals surface area contributed by atoms with E-state index >= 15 is 0 Å². The van der Waals surface area contributed by atoms with E-state index in [0.717, 1.165) is 18.7 Å². The van der Waals surface area contributed by atoms with Crippen LogP contribution in [0, 0.1) is 0 Å². The van der Waals surface area contributed by atoms with E-state index < -0.39 is 9.98 Å². The van der Waals surface area contributed by atoms with Crippen LogP contribution in [0.4, 0.5) is 0 Å². The van der Waals surface area contributed by atoms with Gasteiger partial charge in [-0.3, -0.25) is 0 Å². The topological polar surface area (TPSA) is 32.7 Å². The SMILES string of the molecule is CCC1=NC2=S(=O)=CCN2C=C1. The predicted molar refractivity (Wildman–Crippen MR) is 52.8 cm³/mol. The number of rotatable bonds is 1. The zero-order valence-electron chi connectivity index (χ0n) is 6.86. The molecule has 0 saturated carbocycles. The zero-order chi connectivity index (χ0) is 8.55. The first kappa shape index (κ1) is 7.61. The highest BCUT2D eigenvalue weighted by atomic mass is 32.1. The quantitative estimate of drug-likeness (QED) is 0.547. The molecule has 2 rings (SSSR count). The molecule has 0 atom stereocenters. The highest BCUT2D eigenvalue weighted by Gasteiger charge is 2.15. The van der Waals surface area contributed by atoms with Crippen LogP contribution in [0.15, 0.2) is 17.3 Å². The Balaban J connectivity index is 2.47. The first-order chi connectivity index (χ1) is 5.81. The van der Waals surface area contributed by atoms with E-state index in [4.69, 9.17) is 0 Å². The van der Waals surface area contributed by atoms with Gasteiger partial charge in [0.1, 0.15) is 0 Å². The third-order valence-corrected chi connectivity index (χ3v) is 3.03. The molecule has 64 valence electrons. The van der Waals surface area contributed by atoms with Crippen molar-refractivity contribution in [3.8, 4) is 0 Å². The van der Waals surface area contributed by atoms with Crippen LogP contribution in [0.25, 0.3) is 0 Å². The molecular weight excluding hydrogens is 172 g/mol. The first-order valence-electron chi connectivity index (χ1n) is 3.94. The van der Waals surface area contributed by atoms with Gasteiger partial charge < -0.3 is 4.90 Å². The van der Waals surface area contributed by atoms with Gasteiger partial charge >= 0.3 is 0 Å². The molecule has 12 heavy (non-hydrogen) atoms. The van der Waals surface area contributed by atoms with Gasteiger partial charge in [-0.05, 0) is 12.5 Å². The van der Waals surface area contributed by atoms with Crippen LogP contribution in [0.1, 0.15) is 13.3 Å². The minimum Gasteiger partial charge on any atom is -0.318 e. The standard InChI is InChI=1S/C8H10N2OS/c1-2-7-3-4-10-5-6-12(11)8(10)9-7/h3-4,6H,2,5H2,1H3. The number of allylic oxidation sites excluding steroid dienone is 1. The Morgan fingerprint density at radius 2 is 2.58 bits per heavy atom. The molecule has 0 saturated heterocycles. The van der Waals surface area contributed by atoms with E-state index in [2.05, 4.69) is 4.99 Å². The van der Waals surface area contributed by atoms with Gasteiger partial charge in [0.05, 0.1) is 6.54 Å². The summed E-state index contributed by atoms with van der Waals surface area (Å²) < 4.78 is 11.3. The van der Waals surface area contributed by atoms with Crippen molar-refractivity contribution in [2.75, 3.05) is 6.54 Å². The van der Waals surface area contributed by atoms with Gasteiger partial charge in [0.15, 0.2) is 0 Å². The fourth-order valence-electron chi connectivity index (χ4n) is 1.18. The van der Waals surface area contributed by atoms with Crippen LogP contribution in [-0.2, 0) is 9.98 Å². The molecule has 0 amide bonds. The number of aliphatic imine (C=N–C) groups is 1. The lowest BCUT2D eigenvalue weighted by molar-refractivity contribution is 0.652. The average Bonchev–Trinajstić information content (AvgIpc) is 2.47. The molecule has 0 aliphatic carbocycles. The van der Waals surface area contributed by atoms with E-state index in [1.165, 1.54) is 0 Å². The maximum atomic E-state index is 11.3. The normalized spacial score (nSPS) is 20.8. The Morgan fingerprint density at radius 3 is 3.33 bits per heavy atom. The van der Waals surface area contributed by atoms with Gasteiger partial charge in [0, 0.05) is 27.3 Å². The van der Waals surface area contributed by atoms with Crippen molar-refractivity contribution in [3.05, 3.63) is 12.3 Å². The number of hydrogen-bond acceptors (Lipinski definition) is 3. The van der Waals surface area contributed by atoms with Crippen molar-refractivity contribution < 1.29 is 4.21 Å². The second-order valence-corrected chi connectivity index (χ2v) is 3.96. The molecule has 2 heterocycles. The Morgan fingerprint density at radius 1 is 1.75 bits per heavy atom. The molecule has 2 aliphatic heterocycles. The lowest BCUT2D eigenvalue weighted by Crippen LogP contribution is -2.25. The minimum absolute atomic E-state index is 0.689. The Labute approximate surface area is 73.0 Å². The summed E-state index contributed by atoms with van der Waals surface area (Å²) in [6.45, 7) is 2.76.